The summed E-state index contributed by atoms with van der Waals surface area (Å²) in [7, 11) is 0. The third-order valence-electron chi connectivity index (χ3n) is 2.59. The third-order valence-corrected chi connectivity index (χ3v) is 2.59. The lowest BCUT2D eigenvalue weighted by atomic mass is 10.0. The predicted octanol–water partition coefficient (Wildman–Crippen LogP) is -0.299. The maximum Gasteiger partial charge on any atom is 0.305 e. The van der Waals surface area contributed by atoms with Gasteiger partial charge >= 0.3 is 23.9 Å². The SMILES string of the molecule is CC(=O)O[C@H]1OC[C@@H](OC(C)=O)[C@H](OC(C)=O)[C@H]1OC(C)=O. The van der Waals surface area contributed by atoms with Crippen LogP contribution in [0.4, 0.5) is 0 Å². The Labute approximate surface area is 126 Å². The molecule has 1 heterocycles. The Balaban J connectivity index is 3.03. The molecule has 0 amide bonds. The molecule has 0 radical (unpaired) electrons. The predicted molar refractivity (Wildman–Crippen MR) is 68.2 cm³/mol. The van der Waals surface area contributed by atoms with Crippen LogP contribution in [0.2, 0.25) is 0 Å². The monoisotopic (exact) mass is 318 g/mol. The van der Waals surface area contributed by atoms with Gasteiger partial charge in [0.2, 0.25) is 12.4 Å². The first-order valence-electron chi connectivity index (χ1n) is 6.51. The highest BCUT2D eigenvalue weighted by Crippen LogP contribution is 2.25. The molecule has 0 aromatic rings. The van der Waals surface area contributed by atoms with Crippen molar-refractivity contribution in [3.05, 3.63) is 0 Å². The van der Waals surface area contributed by atoms with Crippen molar-refractivity contribution in [2.24, 2.45) is 0 Å². The molecule has 1 aliphatic heterocycles. The quantitative estimate of drug-likeness (QED) is 0.509. The van der Waals surface area contributed by atoms with Gasteiger partial charge in [0.15, 0.2) is 12.2 Å². The number of hydrogen-bond donors (Lipinski definition) is 0. The Morgan fingerprint density at radius 1 is 0.727 bits per heavy atom. The van der Waals surface area contributed by atoms with E-state index in [0.717, 1.165) is 20.8 Å². The molecule has 0 bridgehead atoms. The van der Waals surface area contributed by atoms with Crippen molar-refractivity contribution in [3.63, 3.8) is 0 Å². The van der Waals surface area contributed by atoms with Crippen LogP contribution in [0.5, 0.6) is 0 Å². The summed E-state index contributed by atoms with van der Waals surface area (Å²) in [5, 5.41) is 0. The molecule has 0 aromatic carbocycles. The van der Waals surface area contributed by atoms with Gasteiger partial charge in [0.05, 0.1) is 6.61 Å². The second-order valence-electron chi connectivity index (χ2n) is 4.61. The highest BCUT2D eigenvalue weighted by molar-refractivity contribution is 5.69. The Morgan fingerprint density at radius 2 is 1.18 bits per heavy atom. The molecular formula is C13H18O9. The topological polar surface area (TPSA) is 114 Å². The average Bonchev–Trinajstić information content (AvgIpc) is 2.34. The lowest BCUT2D eigenvalue weighted by Gasteiger charge is -2.39. The van der Waals surface area contributed by atoms with E-state index >= 15 is 0 Å². The van der Waals surface area contributed by atoms with Gasteiger partial charge < -0.3 is 23.7 Å². The van der Waals surface area contributed by atoms with Crippen LogP contribution in [0.3, 0.4) is 0 Å². The summed E-state index contributed by atoms with van der Waals surface area (Å²) in [6.07, 6.45) is -4.65. The van der Waals surface area contributed by atoms with Crippen LogP contribution in [0.25, 0.3) is 0 Å². The van der Waals surface area contributed by atoms with Crippen molar-refractivity contribution < 1.29 is 42.9 Å². The van der Waals surface area contributed by atoms with Crippen molar-refractivity contribution in [3.8, 4) is 0 Å². The number of rotatable bonds is 4. The summed E-state index contributed by atoms with van der Waals surface area (Å²) in [5.74, 6) is -2.68. The number of ether oxygens (including phenoxy) is 5. The fraction of sp³-hybridized carbons (Fsp3) is 0.692. The largest absolute Gasteiger partial charge is 0.456 e. The highest BCUT2D eigenvalue weighted by atomic mass is 16.7. The van der Waals surface area contributed by atoms with Crippen molar-refractivity contribution in [1.82, 2.24) is 0 Å². The molecule has 0 saturated carbocycles. The normalized spacial score (nSPS) is 27.5. The summed E-state index contributed by atoms with van der Waals surface area (Å²) in [4.78, 5) is 44.7. The average molecular weight is 318 g/mol. The molecule has 22 heavy (non-hydrogen) atoms. The van der Waals surface area contributed by atoms with E-state index in [9.17, 15) is 19.2 Å². The van der Waals surface area contributed by atoms with Gasteiger partial charge in [0.1, 0.15) is 0 Å². The summed E-state index contributed by atoms with van der Waals surface area (Å²) < 4.78 is 25.2. The zero-order valence-electron chi connectivity index (χ0n) is 12.7. The van der Waals surface area contributed by atoms with E-state index in [4.69, 9.17) is 23.7 Å². The Bertz CT molecular complexity index is 416. The lowest BCUT2D eigenvalue weighted by molar-refractivity contribution is -0.273. The molecule has 0 aromatic heterocycles. The van der Waals surface area contributed by atoms with Crippen molar-refractivity contribution in [2.45, 2.75) is 52.3 Å². The summed E-state index contributed by atoms with van der Waals surface area (Å²) in [6.45, 7) is 4.40. The molecule has 0 spiro atoms. The van der Waals surface area contributed by atoms with E-state index in [0.29, 0.717) is 0 Å². The maximum absolute atomic E-state index is 11.3. The maximum atomic E-state index is 11.3. The van der Waals surface area contributed by atoms with Gasteiger partial charge in [-0.3, -0.25) is 19.2 Å². The van der Waals surface area contributed by atoms with Crippen LogP contribution in [-0.4, -0.2) is 55.1 Å². The van der Waals surface area contributed by atoms with Crippen LogP contribution < -0.4 is 0 Å². The molecule has 1 aliphatic rings. The minimum atomic E-state index is -1.27. The molecule has 0 N–H and O–H groups in total. The van der Waals surface area contributed by atoms with Crippen molar-refractivity contribution in [2.75, 3.05) is 6.61 Å². The number of carbonyl (C=O) groups excluding carboxylic acids is 4. The lowest BCUT2D eigenvalue weighted by Crippen LogP contribution is -2.58. The van der Waals surface area contributed by atoms with Crippen LogP contribution in [0.15, 0.2) is 0 Å². The second-order valence-corrected chi connectivity index (χ2v) is 4.61. The first kappa shape index (κ1) is 17.9. The van der Waals surface area contributed by atoms with Gasteiger partial charge in [-0.2, -0.15) is 0 Å². The van der Waals surface area contributed by atoms with E-state index in [2.05, 4.69) is 0 Å². The minimum absolute atomic E-state index is 0.187. The van der Waals surface area contributed by atoms with Crippen LogP contribution >= 0.6 is 0 Å². The first-order valence-corrected chi connectivity index (χ1v) is 6.51. The van der Waals surface area contributed by atoms with Gasteiger partial charge in [-0.25, -0.2) is 0 Å². The fourth-order valence-corrected chi connectivity index (χ4v) is 1.97. The third kappa shape index (κ3) is 5.32. The van der Waals surface area contributed by atoms with E-state index in [1.807, 2.05) is 0 Å². The highest BCUT2D eigenvalue weighted by Gasteiger charge is 2.48. The molecule has 1 fully saturated rings. The molecule has 0 unspecified atom stereocenters. The summed E-state index contributed by atoms with van der Waals surface area (Å²) in [6, 6.07) is 0. The summed E-state index contributed by atoms with van der Waals surface area (Å²) in [5.41, 5.74) is 0. The first-order chi connectivity index (χ1) is 10.2. The molecule has 9 heteroatoms. The molecule has 9 nitrogen and oxygen atoms in total. The van der Waals surface area contributed by atoms with Gasteiger partial charge in [-0.15, -0.1) is 0 Å². The molecule has 124 valence electrons. The zero-order valence-corrected chi connectivity index (χ0v) is 12.7. The number of esters is 4. The van der Waals surface area contributed by atoms with E-state index < -0.39 is 48.5 Å². The smallest absolute Gasteiger partial charge is 0.305 e. The van der Waals surface area contributed by atoms with E-state index in [-0.39, 0.29) is 6.61 Å². The van der Waals surface area contributed by atoms with Gasteiger partial charge in [0.25, 0.3) is 0 Å². The summed E-state index contributed by atoms with van der Waals surface area (Å²) >= 11 is 0. The molecular weight excluding hydrogens is 300 g/mol. The van der Waals surface area contributed by atoms with Crippen LogP contribution in [0, 0.1) is 0 Å². The molecule has 1 rings (SSSR count). The number of hydrogen-bond acceptors (Lipinski definition) is 9. The van der Waals surface area contributed by atoms with Gasteiger partial charge in [0, 0.05) is 27.7 Å². The van der Waals surface area contributed by atoms with Crippen molar-refractivity contribution in [1.29, 1.82) is 0 Å². The minimum Gasteiger partial charge on any atom is -0.456 e. The van der Waals surface area contributed by atoms with Gasteiger partial charge in [-0.1, -0.05) is 0 Å². The standard InChI is InChI=1S/C13H18O9/c1-6(14)19-10-5-18-13(22-9(4)17)12(21-8(3)16)11(10)20-7(2)15/h10-13H,5H2,1-4H3/t10-,11+,12-,13-/m1/s1. The Kier molecular flexibility index (Phi) is 6.29. The Hall–Kier alpha value is -2.16. The van der Waals surface area contributed by atoms with E-state index in [1.165, 1.54) is 6.92 Å². The Morgan fingerprint density at radius 3 is 1.64 bits per heavy atom. The zero-order chi connectivity index (χ0) is 16.9. The van der Waals surface area contributed by atoms with Crippen LogP contribution in [-0.2, 0) is 42.9 Å². The fourth-order valence-electron chi connectivity index (χ4n) is 1.97. The second kappa shape index (κ2) is 7.74. The molecule has 1 saturated heterocycles. The van der Waals surface area contributed by atoms with E-state index in [1.54, 1.807) is 0 Å². The number of carbonyl (C=O) groups is 4. The molecule has 0 aliphatic carbocycles. The van der Waals surface area contributed by atoms with Crippen molar-refractivity contribution >= 4 is 23.9 Å². The van der Waals surface area contributed by atoms with Gasteiger partial charge in [-0.05, 0) is 0 Å². The van der Waals surface area contributed by atoms with Crippen LogP contribution in [0.1, 0.15) is 27.7 Å². The molecule has 4 atom stereocenters.